The number of dihydropyridines is 1. The summed E-state index contributed by atoms with van der Waals surface area (Å²) in [5.41, 5.74) is 3.82. The third-order valence-electron chi connectivity index (χ3n) is 6.42. The van der Waals surface area contributed by atoms with Crippen molar-refractivity contribution in [3.05, 3.63) is 101 Å². The van der Waals surface area contributed by atoms with Gasteiger partial charge in [-0.3, -0.25) is 14.7 Å². The van der Waals surface area contributed by atoms with Gasteiger partial charge < -0.3 is 9.45 Å². The number of benzene rings is 2. The molecule has 7 nitrogen and oxygen atoms in total. The van der Waals surface area contributed by atoms with Crippen molar-refractivity contribution in [2.75, 3.05) is 30.9 Å². The lowest BCUT2D eigenvalue weighted by molar-refractivity contribution is 0.0628. The molecule has 0 spiro atoms. The summed E-state index contributed by atoms with van der Waals surface area (Å²) in [6, 6.07) is 17.0. The average molecular weight is 514 g/mol. The molecule has 1 saturated heterocycles. The number of nitrogens with zero attached hydrogens (tertiary/aromatic N) is 4. The Kier molecular flexibility index (Phi) is 9.33. The van der Waals surface area contributed by atoms with Crippen LogP contribution in [0.15, 0.2) is 88.9 Å². The second-order valence-corrected chi connectivity index (χ2v) is 10.1. The van der Waals surface area contributed by atoms with E-state index in [9.17, 15) is 14.6 Å². The number of amides is 1. The molecule has 37 heavy (non-hydrogen) atoms. The van der Waals surface area contributed by atoms with Crippen LogP contribution in [0.1, 0.15) is 40.7 Å². The molecule has 190 valence electrons. The number of nitrogens with one attached hydrogen (secondary N) is 1. The summed E-state index contributed by atoms with van der Waals surface area (Å²) in [5, 5.41) is 9.32. The first kappa shape index (κ1) is 26.4. The number of aliphatic imine (C=N–C) groups is 1. The third-order valence-corrected chi connectivity index (χ3v) is 7.73. The lowest BCUT2D eigenvalue weighted by atomic mass is 10.1. The van der Waals surface area contributed by atoms with Crippen LogP contribution in [-0.2, 0) is 17.9 Å². The molecule has 0 aromatic heterocycles. The van der Waals surface area contributed by atoms with Crippen LogP contribution in [0.25, 0.3) is 0 Å². The standard InChI is InChI=1S/C29H31N5O2S/c1-2-3-11-28(27-10-6-7-16-31-27)37(36)32-26-14-12-23(13-15-26)29(35)34-19-17-33(18-20-34)22-25-9-5-4-8-24(25)21-30/h2,4-9,12-16,32H,1,3,10-11,17-20,22H2/b28-27-. The Bertz CT molecular complexity index is 1240. The first-order valence-corrected chi connectivity index (χ1v) is 13.5. The summed E-state index contributed by atoms with van der Waals surface area (Å²) in [6.45, 7) is 7.25. The lowest BCUT2D eigenvalue weighted by Gasteiger charge is -2.35. The Hall–Kier alpha value is -3.64. The predicted octanol–water partition coefficient (Wildman–Crippen LogP) is 4.80. The van der Waals surface area contributed by atoms with E-state index in [-0.39, 0.29) is 5.91 Å². The van der Waals surface area contributed by atoms with Crippen LogP contribution >= 0.6 is 0 Å². The highest BCUT2D eigenvalue weighted by atomic mass is 32.2. The van der Waals surface area contributed by atoms with E-state index in [1.54, 1.807) is 30.5 Å². The molecular weight excluding hydrogens is 482 g/mol. The van der Waals surface area contributed by atoms with Gasteiger partial charge in [0.05, 0.1) is 23.0 Å². The predicted molar refractivity (Wildman–Crippen MR) is 149 cm³/mol. The molecule has 1 amide bonds. The Morgan fingerprint density at radius 1 is 1.16 bits per heavy atom. The number of anilines is 1. The zero-order valence-corrected chi connectivity index (χ0v) is 21.6. The maximum atomic E-state index is 13.1. The summed E-state index contributed by atoms with van der Waals surface area (Å²) >= 11 is -1.44. The summed E-state index contributed by atoms with van der Waals surface area (Å²) in [4.78, 5) is 22.4. The van der Waals surface area contributed by atoms with Gasteiger partial charge in [0.15, 0.2) is 4.91 Å². The van der Waals surface area contributed by atoms with Gasteiger partial charge >= 0.3 is 0 Å². The van der Waals surface area contributed by atoms with Crippen molar-refractivity contribution in [2.45, 2.75) is 25.8 Å². The van der Waals surface area contributed by atoms with Crippen LogP contribution in [-0.4, -0.2) is 52.7 Å². The number of rotatable bonds is 9. The SMILES string of the molecule is C=CCC/C(=C1\CC=CC=N1)[S+]([O-])Nc1ccc(C(=O)N2CCN(Cc3ccccc3C#N)CC2)cc1. The van der Waals surface area contributed by atoms with Gasteiger partial charge in [0.25, 0.3) is 5.91 Å². The van der Waals surface area contributed by atoms with Gasteiger partial charge in [-0.25, -0.2) is 4.72 Å². The number of hydrogen-bond acceptors (Lipinski definition) is 6. The van der Waals surface area contributed by atoms with Gasteiger partial charge in [-0.2, -0.15) is 5.26 Å². The van der Waals surface area contributed by atoms with E-state index >= 15 is 0 Å². The van der Waals surface area contributed by atoms with Gasteiger partial charge in [-0.1, -0.05) is 30.4 Å². The maximum Gasteiger partial charge on any atom is 0.253 e. The molecule has 2 aliphatic heterocycles. The quantitative estimate of drug-likeness (QED) is 0.384. The highest BCUT2D eigenvalue weighted by molar-refractivity contribution is 7.96. The van der Waals surface area contributed by atoms with Gasteiger partial charge in [0.1, 0.15) is 11.4 Å². The number of hydrogen-bond donors (Lipinski definition) is 1. The molecule has 1 fully saturated rings. The van der Waals surface area contributed by atoms with E-state index in [0.29, 0.717) is 49.3 Å². The Morgan fingerprint density at radius 3 is 2.59 bits per heavy atom. The van der Waals surface area contributed by atoms with Crippen LogP contribution in [0, 0.1) is 11.3 Å². The van der Waals surface area contributed by atoms with Crippen LogP contribution in [0.2, 0.25) is 0 Å². The lowest BCUT2D eigenvalue weighted by Crippen LogP contribution is -2.48. The molecule has 1 N–H and O–H groups in total. The molecule has 2 aromatic rings. The molecule has 2 heterocycles. The minimum absolute atomic E-state index is 0.0122. The van der Waals surface area contributed by atoms with Crippen molar-refractivity contribution >= 4 is 29.2 Å². The molecule has 0 saturated carbocycles. The van der Waals surface area contributed by atoms with Crippen molar-refractivity contribution in [1.29, 1.82) is 5.26 Å². The zero-order chi connectivity index (χ0) is 26.0. The van der Waals surface area contributed by atoms with Crippen LogP contribution in [0.5, 0.6) is 0 Å². The smallest absolute Gasteiger partial charge is 0.253 e. The Morgan fingerprint density at radius 2 is 1.92 bits per heavy atom. The van der Waals surface area contributed by atoms with Crippen molar-refractivity contribution in [3.8, 4) is 6.07 Å². The van der Waals surface area contributed by atoms with Crippen molar-refractivity contribution in [3.63, 3.8) is 0 Å². The van der Waals surface area contributed by atoms with Gasteiger partial charge in [-0.05, 0) is 48.4 Å². The highest BCUT2D eigenvalue weighted by Crippen LogP contribution is 2.26. The zero-order valence-electron chi connectivity index (χ0n) is 20.8. The first-order chi connectivity index (χ1) is 18.1. The molecule has 4 rings (SSSR count). The Balaban J connectivity index is 1.33. The Labute approximate surface area is 221 Å². The average Bonchev–Trinajstić information content (AvgIpc) is 2.94. The monoisotopic (exact) mass is 513 g/mol. The molecule has 8 heteroatoms. The number of nitriles is 1. The molecule has 0 radical (unpaired) electrons. The van der Waals surface area contributed by atoms with E-state index in [4.69, 9.17) is 0 Å². The maximum absolute atomic E-state index is 13.1. The number of carbonyl (C=O) groups excluding carboxylic acids is 1. The van der Waals surface area contributed by atoms with Gasteiger partial charge in [0.2, 0.25) is 0 Å². The van der Waals surface area contributed by atoms with E-state index in [1.165, 1.54) is 0 Å². The number of carbonyl (C=O) groups is 1. The summed E-state index contributed by atoms with van der Waals surface area (Å²) in [6.07, 6.45) is 9.40. The second-order valence-electron chi connectivity index (χ2n) is 8.89. The third kappa shape index (κ3) is 6.98. The fraction of sp³-hybridized carbons (Fsp3) is 0.276. The van der Waals surface area contributed by atoms with Crippen molar-refractivity contribution in [1.82, 2.24) is 9.80 Å². The minimum Gasteiger partial charge on any atom is -0.588 e. The topological polar surface area (TPSA) is 94.8 Å². The number of piperazine rings is 1. The van der Waals surface area contributed by atoms with E-state index < -0.39 is 11.4 Å². The highest BCUT2D eigenvalue weighted by Gasteiger charge is 2.24. The normalized spacial score (nSPS) is 17.7. The molecular formula is C29H31N5O2S. The van der Waals surface area contributed by atoms with Crippen molar-refractivity contribution in [2.24, 2.45) is 4.99 Å². The summed E-state index contributed by atoms with van der Waals surface area (Å²) in [7, 11) is 0. The minimum atomic E-state index is -1.44. The second kappa shape index (κ2) is 13.1. The van der Waals surface area contributed by atoms with Crippen LogP contribution in [0.4, 0.5) is 5.69 Å². The largest absolute Gasteiger partial charge is 0.588 e. The van der Waals surface area contributed by atoms with Crippen LogP contribution < -0.4 is 4.72 Å². The molecule has 1 unspecified atom stereocenters. The first-order valence-electron chi connectivity index (χ1n) is 12.4. The van der Waals surface area contributed by atoms with E-state index in [1.807, 2.05) is 47.4 Å². The fourth-order valence-electron chi connectivity index (χ4n) is 4.34. The molecule has 2 aliphatic rings. The fourth-order valence-corrected chi connectivity index (χ4v) is 5.47. The van der Waals surface area contributed by atoms with Gasteiger partial charge in [-0.15, -0.1) is 6.58 Å². The number of allylic oxidation sites excluding steroid dienone is 4. The van der Waals surface area contributed by atoms with Crippen molar-refractivity contribution < 1.29 is 9.35 Å². The van der Waals surface area contributed by atoms with E-state index in [2.05, 4.69) is 27.3 Å². The van der Waals surface area contributed by atoms with E-state index in [0.717, 1.165) is 35.7 Å². The van der Waals surface area contributed by atoms with Gasteiger partial charge in [0, 0.05) is 57.3 Å². The molecule has 0 bridgehead atoms. The summed E-state index contributed by atoms with van der Waals surface area (Å²) in [5.74, 6) is -0.0122. The van der Waals surface area contributed by atoms with Crippen LogP contribution in [0.3, 0.4) is 0 Å². The summed E-state index contributed by atoms with van der Waals surface area (Å²) < 4.78 is 16.2. The molecule has 1 atom stereocenters. The molecule has 0 aliphatic carbocycles. The molecule has 2 aromatic carbocycles.